The number of halogens is 1. The molecule has 0 aliphatic carbocycles. The Labute approximate surface area is 116 Å². The van der Waals surface area contributed by atoms with Gasteiger partial charge in [-0.05, 0) is 19.1 Å². The fourth-order valence-corrected chi connectivity index (χ4v) is 5.20. The molecule has 1 aromatic heterocycles. The van der Waals surface area contributed by atoms with Crippen LogP contribution in [0, 0.1) is 0 Å². The van der Waals surface area contributed by atoms with Crippen molar-refractivity contribution in [2.24, 2.45) is 5.73 Å². The van der Waals surface area contributed by atoms with Crippen LogP contribution in [0.15, 0.2) is 12.1 Å². The van der Waals surface area contributed by atoms with Crippen molar-refractivity contribution < 1.29 is 8.42 Å². The van der Waals surface area contributed by atoms with Gasteiger partial charge in [0.25, 0.3) is 0 Å². The highest BCUT2D eigenvalue weighted by molar-refractivity contribution is 8.01. The van der Waals surface area contributed by atoms with Crippen LogP contribution in [-0.2, 0) is 9.84 Å². The van der Waals surface area contributed by atoms with Crippen molar-refractivity contribution in [1.29, 1.82) is 0 Å². The Morgan fingerprint density at radius 2 is 2.18 bits per heavy atom. The minimum atomic E-state index is -2.91. The average molecular weight is 314 g/mol. The first kappa shape index (κ1) is 15.3. The van der Waals surface area contributed by atoms with Crippen molar-refractivity contribution in [2.75, 3.05) is 17.8 Å². The maximum absolute atomic E-state index is 11.1. The highest BCUT2D eigenvalue weighted by atomic mass is 35.5. The SMILES string of the molecule is CC(N)C(SCCS(C)(=O)=O)c1ccc(Cl)s1. The van der Waals surface area contributed by atoms with Crippen molar-refractivity contribution >= 4 is 44.5 Å². The Morgan fingerprint density at radius 1 is 1.53 bits per heavy atom. The summed E-state index contributed by atoms with van der Waals surface area (Å²) in [5.74, 6) is 0.737. The number of rotatable bonds is 6. The summed E-state index contributed by atoms with van der Waals surface area (Å²) in [5.41, 5.74) is 5.92. The molecule has 0 aliphatic heterocycles. The number of nitrogens with two attached hydrogens (primary N) is 1. The van der Waals surface area contributed by atoms with Crippen LogP contribution >= 0.6 is 34.7 Å². The van der Waals surface area contributed by atoms with Gasteiger partial charge >= 0.3 is 0 Å². The number of hydrogen-bond acceptors (Lipinski definition) is 5. The molecule has 0 spiro atoms. The van der Waals surface area contributed by atoms with Gasteiger partial charge in [-0.3, -0.25) is 0 Å². The van der Waals surface area contributed by atoms with Crippen LogP contribution in [0.3, 0.4) is 0 Å². The molecule has 1 aromatic rings. The zero-order valence-corrected chi connectivity index (χ0v) is 12.9. The highest BCUT2D eigenvalue weighted by Gasteiger charge is 2.19. The molecule has 0 aromatic carbocycles. The van der Waals surface area contributed by atoms with Crippen LogP contribution in [-0.4, -0.2) is 32.2 Å². The standard InChI is InChI=1S/C10H16ClNO2S3/c1-7(12)10(8-3-4-9(11)16-8)15-5-6-17(2,13)14/h3-4,7,10H,5-6,12H2,1-2H3. The smallest absolute Gasteiger partial charge is 0.148 e. The van der Waals surface area contributed by atoms with Gasteiger partial charge in [0, 0.05) is 22.9 Å². The highest BCUT2D eigenvalue weighted by Crippen LogP contribution is 2.37. The summed E-state index contributed by atoms with van der Waals surface area (Å²) in [6, 6.07) is 3.76. The molecule has 0 fully saturated rings. The van der Waals surface area contributed by atoms with Crippen LogP contribution < -0.4 is 5.73 Å². The van der Waals surface area contributed by atoms with E-state index in [1.165, 1.54) is 17.6 Å². The molecule has 0 radical (unpaired) electrons. The van der Waals surface area contributed by atoms with Crippen molar-refractivity contribution in [3.8, 4) is 0 Å². The van der Waals surface area contributed by atoms with E-state index in [0.29, 0.717) is 5.75 Å². The molecule has 2 atom stereocenters. The van der Waals surface area contributed by atoms with E-state index >= 15 is 0 Å². The molecule has 1 heterocycles. The molecule has 0 saturated carbocycles. The van der Waals surface area contributed by atoms with Crippen LogP contribution in [0.5, 0.6) is 0 Å². The molecule has 17 heavy (non-hydrogen) atoms. The van der Waals surface area contributed by atoms with Crippen molar-refractivity contribution in [3.05, 3.63) is 21.3 Å². The zero-order valence-electron chi connectivity index (χ0n) is 9.72. The lowest BCUT2D eigenvalue weighted by molar-refractivity contribution is 0.603. The fraction of sp³-hybridized carbons (Fsp3) is 0.600. The maximum Gasteiger partial charge on any atom is 0.148 e. The summed E-state index contributed by atoms with van der Waals surface area (Å²) in [5, 5.41) is 0.106. The first-order chi connectivity index (χ1) is 7.79. The summed E-state index contributed by atoms with van der Waals surface area (Å²) >= 11 is 8.96. The molecular weight excluding hydrogens is 298 g/mol. The van der Waals surface area contributed by atoms with Gasteiger partial charge in [0.05, 0.1) is 15.3 Å². The summed E-state index contributed by atoms with van der Waals surface area (Å²) in [6.45, 7) is 1.92. The predicted molar refractivity (Wildman–Crippen MR) is 77.9 cm³/mol. The summed E-state index contributed by atoms with van der Waals surface area (Å²) < 4.78 is 22.9. The number of thioether (sulfide) groups is 1. The summed E-state index contributed by atoms with van der Waals surface area (Å²) in [7, 11) is -2.91. The van der Waals surface area contributed by atoms with Gasteiger partial charge in [-0.25, -0.2) is 8.42 Å². The first-order valence-electron chi connectivity index (χ1n) is 5.10. The van der Waals surface area contributed by atoms with E-state index in [1.807, 2.05) is 19.1 Å². The molecule has 0 saturated heterocycles. The average Bonchev–Trinajstić information content (AvgIpc) is 2.57. The Bertz CT molecular complexity index is 456. The van der Waals surface area contributed by atoms with E-state index < -0.39 is 9.84 Å². The van der Waals surface area contributed by atoms with Crippen molar-refractivity contribution in [3.63, 3.8) is 0 Å². The Kier molecular flexibility index (Phi) is 5.79. The second kappa shape index (κ2) is 6.43. The Balaban J connectivity index is 2.62. The van der Waals surface area contributed by atoms with E-state index in [4.69, 9.17) is 17.3 Å². The molecule has 1 rings (SSSR count). The normalized spacial score (nSPS) is 15.8. The van der Waals surface area contributed by atoms with Gasteiger partial charge in [-0.2, -0.15) is 11.8 Å². The number of sulfone groups is 1. The molecule has 98 valence electrons. The molecule has 0 amide bonds. The maximum atomic E-state index is 11.1. The van der Waals surface area contributed by atoms with E-state index in [1.54, 1.807) is 11.8 Å². The predicted octanol–water partition coefficient (Wildman–Crippen LogP) is 2.57. The van der Waals surface area contributed by atoms with Crippen LogP contribution in [0.25, 0.3) is 0 Å². The Morgan fingerprint density at radius 3 is 2.59 bits per heavy atom. The van der Waals surface area contributed by atoms with Crippen molar-refractivity contribution in [1.82, 2.24) is 0 Å². The molecular formula is C10H16ClNO2S3. The monoisotopic (exact) mass is 313 g/mol. The first-order valence-corrected chi connectivity index (χ1v) is 9.40. The van der Waals surface area contributed by atoms with Gasteiger partial charge in [0.2, 0.25) is 0 Å². The lowest BCUT2D eigenvalue weighted by Crippen LogP contribution is -2.23. The molecule has 0 bridgehead atoms. The van der Waals surface area contributed by atoms with Gasteiger partial charge in [0.1, 0.15) is 9.84 Å². The minimum absolute atomic E-state index is 0.0331. The second-order valence-electron chi connectivity index (χ2n) is 3.92. The van der Waals surface area contributed by atoms with Gasteiger partial charge in [-0.1, -0.05) is 11.6 Å². The van der Waals surface area contributed by atoms with Crippen LogP contribution in [0.2, 0.25) is 4.34 Å². The minimum Gasteiger partial charge on any atom is -0.327 e. The zero-order chi connectivity index (χ0) is 13.1. The molecule has 3 nitrogen and oxygen atoms in total. The number of hydrogen-bond donors (Lipinski definition) is 1. The molecule has 7 heteroatoms. The Hall–Kier alpha value is 0.250. The topological polar surface area (TPSA) is 60.2 Å². The van der Waals surface area contributed by atoms with E-state index in [9.17, 15) is 8.42 Å². The van der Waals surface area contributed by atoms with Gasteiger partial charge in [0.15, 0.2) is 0 Å². The summed E-state index contributed by atoms with van der Waals surface area (Å²) in [4.78, 5) is 1.10. The van der Waals surface area contributed by atoms with E-state index in [2.05, 4.69) is 0 Å². The number of thiophene rings is 1. The van der Waals surface area contributed by atoms with Gasteiger partial charge in [-0.15, -0.1) is 11.3 Å². The summed E-state index contributed by atoms with van der Waals surface area (Å²) in [6.07, 6.45) is 1.25. The van der Waals surface area contributed by atoms with E-state index in [0.717, 1.165) is 9.21 Å². The van der Waals surface area contributed by atoms with E-state index in [-0.39, 0.29) is 17.0 Å². The van der Waals surface area contributed by atoms with Crippen LogP contribution in [0.4, 0.5) is 0 Å². The third kappa shape index (κ3) is 5.61. The lowest BCUT2D eigenvalue weighted by Gasteiger charge is -2.18. The second-order valence-corrected chi connectivity index (χ2v) is 9.18. The molecule has 2 N–H and O–H groups in total. The third-order valence-electron chi connectivity index (χ3n) is 2.10. The van der Waals surface area contributed by atoms with Crippen LogP contribution in [0.1, 0.15) is 17.1 Å². The molecule has 2 unspecified atom stereocenters. The quantitative estimate of drug-likeness (QED) is 0.877. The van der Waals surface area contributed by atoms with Crippen molar-refractivity contribution in [2.45, 2.75) is 18.2 Å². The van der Waals surface area contributed by atoms with Gasteiger partial charge < -0.3 is 5.73 Å². The third-order valence-corrected chi connectivity index (χ3v) is 6.25. The fourth-order valence-electron chi connectivity index (χ4n) is 1.30. The lowest BCUT2D eigenvalue weighted by atomic mass is 10.2. The molecule has 0 aliphatic rings. The largest absolute Gasteiger partial charge is 0.327 e.